The van der Waals surface area contributed by atoms with Crippen LogP contribution in [0.1, 0.15) is 69.4 Å². The lowest BCUT2D eigenvalue weighted by molar-refractivity contribution is 0.109. The van der Waals surface area contributed by atoms with Crippen molar-refractivity contribution < 1.29 is 9.84 Å². The van der Waals surface area contributed by atoms with E-state index >= 15 is 0 Å². The highest BCUT2D eigenvalue weighted by molar-refractivity contribution is 5.43. The quantitative estimate of drug-likeness (QED) is 0.631. The van der Waals surface area contributed by atoms with Gasteiger partial charge in [0.2, 0.25) is 0 Å². The van der Waals surface area contributed by atoms with Crippen molar-refractivity contribution in [1.29, 1.82) is 5.26 Å². The van der Waals surface area contributed by atoms with Crippen molar-refractivity contribution >= 4 is 0 Å². The lowest BCUT2D eigenvalue weighted by Gasteiger charge is -2.32. The molecule has 0 heterocycles. The zero-order chi connectivity index (χ0) is 18.4. The lowest BCUT2D eigenvalue weighted by Crippen LogP contribution is -2.27. The van der Waals surface area contributed by atoms with Crippen LogP contribution in [0, 0.1) is 29.1 Å². The lowest BCUT2D eigenvalue weighted by atomic mass is 9.73. The predicted octanol–water partition coefficient (Wildman–Crippen LogP) is 5.05. The molecule has 0 radical (unpaired) electrons. The summed E-state index contributed by atoms with van der Waals surface area (Å²) in [7, 11) is 0. The fraction of sp³-hybridized carbons (Fsp3) is 0.696. The molecule has 2 aliphatic rings. The zero-order valence-corrected chi connectivity index (χ0v) is 16.1. The molecule has 1 aromatic rings. The minimum Gasteiger partial charge on any atom is -0.478 e. The van der Waals surface area contributed by atoms with Crippen LogP contribution in [-0.4, -0.2) is 17.8 Å². The van der Waals surface area contributed by atoms with E-state index in [4.69, 9.17) is 10.00 Å². The van der Waals surface area contributed by atoms with E-state index in [0.29, 0.717) is 17.8 Å². The van der Waals surface area contributed by atoms with Gasteiger partial charge in [-0.15, -0.1) is 0 Å². The molecule has 3 rings (SSSR count). The van der Waals surface area contributed by atoms with Crippen LogP contribution in [0.15, 0.2) is 18.2 Å². The normalized spacial score (nSPS) is 26.8. The Morgan fingerprint density at radius 1 is 1.15 bits per heavy atom. The first-order valence-electron chi connectivity index (χ1n) is 10.5. The molecule has 26 heavy (non-hydrogen) atoms. The second-order valence-corrected chi connectivity index (χ2v) is 8.20. The second kappa shape index (κ2) is 9.42. The smallest absolute Gasteiger partial charge is 0.174 e. The number of ether oxygens (including phenoxy) is 1. The van der Waals surface area contributed by atoms with Gasteiger partial charge < -0.3 is 9.84 Å². The van der Waals surface area contributed by atoms with Crippen LogP contribution < -0.4 is 4.74 Å². The van der Waals surface area contributed by atoms with Gasteiger partial charge in [-0.1, -0.05) is 57.6 Å². The van der Waals surface area contributed by atoms with Crippen LogP contribution in [0.3, 0.4) is 0 Å². The van der Waals surface area contributed by atoms with E-state index in [0.717, 1.165) is 25.0 Å². The highest BCUT2D eigenvalue weighted by Gasteiger charge is 2.44. The van der Waals surface area contributed by atoms with Gasteiger partial charge in [-0.3, -0.25) is 0 Å². The number of nitriles is 1. The maximum absolute atomic E-state index is 10.7. The molecule has 3 nitrogen and oxygen atoms in total. The van der Waals surface area contributed by atoms with E-state index in [9.17, 15) is 5.11 Å². The van der Waals surface area contributed by atoms with Gasteiger partial charge in [0.1, 0.15) is 11.8 Å². The van der Waals surface area contributed by atoms with Gasteiger partial charge >= 0.3 is 0 Å². The van der Waals surface area contributed by atoms with Crippen molar-refractivity contribution in [3.8, 4) is 11.8 Å². The third-order valence-corrected chi connectivity index (χ3v) is 6.53. The summed E-state index contributed by atoms with van der Waals surface area (Å²) in [6, 6.07) is 8.29. The Bertz CT molecular complexity index is 621. The van der Waals surface area contributed by atoms with E-state index in [2.05, 4.69) is 19.1 Å². The number of hydrogen-bond donors (Lipinski definition) is 1. The monoisotopic (exact) mass is 355 g/mol. The molecule has 1 fully saturated rings. The van der Waals surface area contributed by atoms with Gasteiger partial charge in [0.15, 0.2) is 6.61 Å². The van der Waals surface area contributed by atoms with Gasteiger partial charge in [0, 0.05) is 0 Å². The van der Waals surface area contributed by atoms with E-state index in [1.54, 1.807) is 0 Å². The molecule has 0 amide bonds. The molecule has 1 saturated carbocycles. The first-order chi connectivity index (χ1) is 12.7. The number of aliphatic hydroxyl groups is 1. The standard InChI is InChI=1S/C23H33NO2/c1-2-3-4-5-6-7-10-19-20-14-17-9-8-11-23(26-13-12-24)21(17)15-18(20)16-22(19)25/h8-9,11,18-20,22,25H,2-7,10,13-16H2,1H3/t18-,19?,20-,22+/m0/s1. The van der Waals surface area contributed by atoms with Crippen molar-refractivity contribution in [2.45, 2.75) is 77.2 Å². The molecule has 0 aromatic heterocycles. The summed E-state index contributed by atoms with van der Waals surface area (Å²) >= 11 is 0. The fourth-order valence-electron chi connectivity index (χ4n) is 5.21. The van der Waals surface area contributed by atoms with Crippen molar-refractivity contribution in [2.75, 3.05) is 6.61 Å². The number of benzene rings is 1. The first-order valence-corrected chi connectivity index (χ1v) is 10.5. The number of nitrogens with zero attached hydrogens (tertiary/aromatic N) is 1. The first kappa shape index (κ1) is 19.2. The Kier molecular flexibility index (Phi) is 6.97. The van der Waals surface area contributed by atoms with E-state index < -0.39 is 0 Å². The molecule has 3 heteroatoms. The van der Waals surface area contributed by atoms with Gasteiger partial charge in [0.25, 0.3) is 0 Å². The third kappa shape index (κ3) is 4.41. The Balaban J connectivity index is 1.60. The number of aliphatic hydroxyl groups excluding tert-OH is 1. The van der Waals surface area contributed by atoms with Crippen LogP contribution in [0.25, 0.3) is 0 Å². The molecular formula is C23H33NO2. The van der Waals surface area contributed by atoms with Crippen LogP contribution >= 0.6 is 0 Å². The van der Waals surface area contributed by atoms with Crippen LogP contribution in [0.2, 0.25) is 0 Å². The maximum Gasteiger partial charge on any atom is 0.174 e. The molecule has 0 saturated heterocycles. The maximum atomic E-state index is 10.7. The average molecular weight is 356 g/mol. The third-order valence-electron chi connectivity index (χ3n) is 6.53. The molecule has 0 spiro atoms. The molecule has 1 unspecified atom stereocenters. The molecule has 1 aromatic carbocycles. The van der Waals surface area contributed by atoms with Crippen LogP contribution in [0.5, 0.6) is 5.75 Å². The van der Waals surface area contributed by atoms with Crippen molar-refractivity contribution in [3.63, 3.8) is 0 Å². The summed E-state index contributed by atoms with van der Waals surface area (Å²) in [6.45, 7) is 2.36. The van der Waals surface area contributed by atoms with Crippen molar-refractivity contribution in [3.05, 3.63) is 29.3 Å². The molecule has 142 valence electrons. The summed E-state index contributed by atoms with van der Waals surface area (Å²) < 4.78 is 5.64. The number of fused-ring (bicyclic) bond motifs is 2. The van der Waals surface area contributed by atoms with Gasteiger partial charge in [-0.25, -0.2) is 0 Å². The molecular weight excluding hydrogens is 322 g/mol. The van der Waals surface area contributed by atoms with E-state index in [1.807, 2.05) is 12.1 Å². The van der Waals surface area contributed by atoms with Crippen LogP contribution in [-0.2, 0) is 12.8 Å². The molecule has 1 N–H and O–H groups in total. The average Bonchev–Trinajstić information content (AvgIpc) is 2.95. The SMILES string of the molecule is CCCCCCCCC1[C@H](O)C[C@@H]2Cc3c(cccc3OCC#N)C[C@H]12. The Hall–Kier alpha value is -1.53. The minimum absolute atomic E-state index is 0.105. The summed E-state index contributed by atoms with van der Waals surface area (Å²) in [6.07, 6.45) is 11.9. The highest BCUT2D eigenvalue weighted by Crippen LogP contribution is 2.48. The number of unbranched alkanes of at least 4 members (excludes halogenated alkanes) is 5. The number of rotatable bonds is 9. The molecule has 4 atom stereocenters. The summed E-state index contributed by atoms with van der Waals surface area (Å²) in [5.41, 5.74) is 2.64. The van der Waals surface area contributed by atoms with Crippen LogP contribution in [0.4, 0.5) is 0 Å². The Morgan fingerprint density at radius 2 is 1.96 bits per heavy atom. The van der Waals surface area contributed by atoms with Crippen molar-refractivity contribution in [2.24, 2.45) is 17.8 Å². The summed E-state index contributed by atoms with van der Waals surface area (Å²) in [5.74, 6) is 2.51. The molecule has 0 bridgehead atoms. The van der Waals surface area contributed by atoms with E-state index in [-0.39, 0.29) is 12.7 Å². The molecule has 2 aliphatic carbocycles. The highest BCUT2D eigenvalue weighted by atomic mass is 16.5. The van der Waals surface area contributed by atoms with Gasteiger partial charge in [-0.2, -0.15) is 5.26 Å². The number of hydrogen-bond acceptors (Lipinski definition) is 3. The second-order valence-electron chi connectivity index (χ2n) is 8.20. The Labute approximate surface area is 158 Å². The summed E-state index contributed by atoms with van der Waals surface area (Å²) in [5, 5.41) is 19.5. The largest absolute Gasteiger partial charge is 0.478 e. The van der Waals surface area contributed by atoms with Crippen molar-refractivity contribution in [1.82, 2.24) is 0 Å². The predicted molar refractivity (Wildman–Crippen MR) is 104 cm³/mol. The minimum atomic E-state index is -0.140. The summed E-state index contributed by atoms with van der Waals surface area (Å²) in [4.78, 5) is 0. The Morgan fingerprint density at radius 3 is 2.77 bits per heavy atom. The molecule has 0 aliphatic heterocycles. The fourth-order valence-corrected chi connectivity index (χ4v) is 5.21. The van der Waals surface area contributed by atoms with Gasteiger partial charge in [0.05, 0.1) is 6.10 Å². The zero-order valence-electron chi connectivity index (χ0n) is 16.1. The topological polar surface area (TPSA) is 53.2 Å². The van der Waals surface area contributed by atoms with Gasteiger partial charge in [-0.05, 0) is 60.6 Å². The van der Waals surface area contributed by atoms with E-state index in [1.165, 1.54) is 56.1 Å².